The van der Waals surface area contributed by atoms with Crippen molar-refractivity contribution in [2.75, 3.05) is 0 Å². The smallest absolute Gasteiger partial charge is 0.229 e. The lowest BCUT2D eigenvalue weighted by Gasteiger charge is -2.09. The van der Waals surface area contributed by atoms with Crippen molar-refractivity contribution in [3.63, 3.8) is 0 Å². The van der Waals surface area contributed by atoms with E-state index < -0.39 is 0 Å². The van der Waals surface area contributed by atoms with Crippen LogP contribution in [0.2, 0.25) is 0 Å². The van der Waals surface area contributed by atoms with E-state index in [1.165, 1.54) is 5.56 Å². The maximum absolute atomic E-state index is 13.1. The van der Waals surface area contributed by atoms with Crippen molar-refractivity contribution < 1.29 is 4.79 Å². The van der Waals surface area contributed by atoms with E-state index in [-0.39, 0.29) is 5.78 Å². The summed E-state index contributed by atoms with van der Waals surface area (Å²) >= 11 is 0. The number of hydrogen-bond acceptors (Lipinski definition) is 3. The fourth-order valence-corrected chi connectivity index (χ4v) is 2.94. The number of rotatable bonds is 3. The molecule has 4 heteroatoms. The van der Waals surface area contributed by atoms with Crippen molar-refractivity contribution in [1.82, 2.24) is 14.5 Å². The molecular weight excluding hydrogens is 310 g/mol. The molecule has 0 spiro atoms. The highest BCUT2D eigenvalue weighted by atomic mass is 16.1. The van der Waals surface area contributed by atoms with Crippen molar-refractivity contribution in [3.05, 3.63) is 83.9 Å². The highest BCUT2D eigenvalue weighted by Crippen LogP contribution is 2.26. The Labute approximate surface area is 145 Å². The van der Waals surface area contributed by atoms with Crippen LogP contribution in [0.1, 0.15) is 21.7 Å². The van der Waals surface area contributed by atoms with Gasteiger partial charge in [0, 0.05) is 36.0 Å². The molecule has 2 aromatic heterocycles. The molecule has 0 bridgehead atoms. The van der Waals surface area contributed by atoms with E-state index in [1.807, 2.05) is 68.6 Å². The number of aromatic nitrogens is 3. The fourth-order valence-electron chi connectivity index (χ4n) is 2.94. The number of hydrogen-bond donors (Lipinski definition) is 0. The fraction of sp³-hybridized carbons (Fsp3) is 0.0952. The molecule has 0 fully saturated rings. The van der Waals surface area contributed by atoms with E-state index in [0.29, 0.717) is 11.4 Å². The molecule has 0 atom stereocenters. The van der Waals surface area contributed by atoms with Gasteiger partial charge in [0.1, 0.15) is 0 Å². The zero-order valence-electron chi connectivity index (χ0n) is 14.1. The van der Waals surface area contributed by atoms with E-state index in [2.05, 4.69) is 4.98 Å². The SMILES string of the molecule is Cc1ccc(-c2cc(C(=O)c3nccn3C)c3ccccc3n2)cc1. The van der Waals surface area contributed by atoms with Gasteiger partial charge in [-0.05, 0) is 19.1 Å². The monoisotopic (exact) mass is 327 g/mol. The third-order valence-electron chi connectivity index (χ3n) is 4.33. The van der Waals surface area contributed by atoms with Gasteiger partial charge in [0.25, 0.3) is 0 Å². The van der Waals surface area contributed by atoms with Crippen LogP contribution in [0, 0.1) is 6.92 Å². The van der Waals surface area contributed by atoms with Crippen LogP contribution >= 0.6 is 0 Å². The normalized spacial score (nSPS) is 11.0. The Bertz CT molecular complexity index is 1080. The quantitative estimate of drug-likeness (QED) is 0.531. The highest BCUT2D eigenvalue weighted by molar-refractivity contribution is 6.15. The molecule has 0 aliphatic carbocycles. The number of carbonyl (C=O) groups is 1. The number of nitrogens with zero attached hydrogens (tertiary/aromatic N) is 3. The van der Waals surface area contributed by atoms with E-state index in [9.17, 15) is 4.79 Å². The van der Waals surface area contributed by atoms with Gasteiger partial charge in [-0.2, -0.15) is 0 Å². The maximum Gasteiger partial charge on any atom is 0.229 e. The van der Waals surface area contributed by atoms with Gasteiger partial charge in [0.2, 0.25) is 5.78 Å². The summed E-state index contributed by atoms with van der Waals surface area (Å²) in [6.45, 7) is 2.05. The lowest BCUT2D eigenvalue weighted by Crippen LogP contribution is -2.10. The van der Waals surface area contributed by atoms with Crippen LogP contribution in [0.5, 0.6) is 0 Å². The Hall–Kier alpha value is -3.27. The second-order valence-electron chi connectivity index (χ2n) is 6.13. The number of imidazole rings is 1. The summed E-state index contributed by atoms with van der Waals surface area (Å²) < 4.78 is 1.74. The lowest BCUT2D eigenvalue weighted by atomic mass is 10.0. The molecule has 0 N–H and O–H groups in total. The molecule has 4 rings (SSSR count). The summed E-state index contributed by atoms with van der Waals surface area (Å²) in [4.78, 5) is 22.0. The van der Waals surface area contributed by atoms with Crippen molar-refractivity contribution in [1.29, 1.82) is 0 Å². The number of ketones is 1. The molecule has 0 aliphatic heterocycles. The van der Waals surface area contributed by atoms with Gasteiger partial charge in [0.15, 0.2) is 5.82 Å². The molecule has 0 aliphatic rings. The van der Waals surface area contributed by atoms with Gasteiger partial charge >= 0.3 is 0 Å². The van der Waals surface area contributed by atoms with Gasteiger partial charge in [-0.1, -0.05) is 48.0 Å². The van der Waals surface area contributed by atoms with Gasteiger partial charge in [-0.3, -0.25) is 4.79 Å². The molecule has 0 amide bonds. The predicted molar refractivity (Wildman–Crippen MR) is 98.6 cm³/mol. The van der Waals surface area contributed by atoms with Crippen molar-refractivity contribution >= 4 is 16.7 Å². The standard InChI is InChI=1S/C21H17N3O/c1-14-7-9-15(10-8-14)19-13-17(16-5-3-4-6-18(16)23-19)20(25)21-22-11-12-24(21)2/h3-13H,1-2H3. The van der Waals surface area contributed by atoms with Crippen LogP contribution in [-0.2, 0) is 7.05 Å². The Balaban J connectivity index is 1.94. The summed E-state index contributed by atoms with van der Waals surface area (Å²) in [5.74, 6) is 0.325. The van der Waals surface area contributed by atoms with E-state index >= 15 is 0 Å². The summed E-state index contributed by atoms with van der Waals surface area (Å²) in [7, 11) is 1.82. The Morgan fingerprint density at radius 2 is 1.80 bits per heavy atom. The zero-order chi connectivity index (χ0) is 17.4. The first-order valence-corrected chi connectivity index (χ1v) is 8.12. The summed E-state index contributed by atoms with van der Waals surface area (Å²) in [5, 5.41) is 0.839. The predicted octanol–water partition coefficient (Wildman–Crippen LogP) is 4.17. The molecule has 2 aromatic carbocycles. The number of pyridine rings is 1. The zero-order valence-corrected chi connectivity index (χ0v) is 14.1. The Morgan fingerprint density at radius 1 is 1.04 bits per heavy atom. The number of fused-ring (bicyclic) bond motifs is 1. The number of benzene rings is 2. The van der Waals surface area contributed by atoms with Gasteiger partial charge in [-0.15, -0.1) is 0 Å². The van der Waals surface area contributed by atoms with Gasteiger partial charge < -0.3 is 4.57 Å². The van der Waals surface area contributed by atoms with Crippen molar-refractivity contribution in [2.45, 2.75) is 6.92 Å². The molecule has 0 saturated heterocycles. The molecular formula is C21H17N3O. The van der Waals surface area contributed by atoms with E-state index in [0.717, 1.165) is 22.2 Å². The summed E-state index contributed by atoms with van der Waals surface area (Å²) in [6.07, 6.45) is 3.41. The van der Waals surface area contributed by atoms with Crippen LogP contribution in [0.4, 0.5) is 0 Å². The van der Waals surface area contributed by atoms with E-state index in [1.54, 1.807) is 17.0 Å². The topological polar surface area (TPSA) is 47.8 Å². The van der Waals surface area contributed by atoms with Gasteiger partial charge in [0.05, 0.1) is 11.2 Å². The maximum atomic E-state index is 13.1. The first kappa shape index (κ1) is 15.3. The Morgan fingerprint density at radius 3 is 2.52 bits per heavy atom. The minimum atomic E-state index is -0.0977. The van der Waals surface area contributed by atoms with Crippen LogP contribution in [0.25, 0.3) is 22.2 Å². The molecule has 4 aromatic rings. The lowest BCUT2D eigenvalue weighted by molar-refractivity contribution is 0.102. The van der Waals surface area contributed by atoms with Crippen LogP contribution < -0.4 is 0 Å². The highest BCUT2D eigenvalue weighted by Gasteiger charge is 2.18. The summed E-state index contributed by atoms with van der Waals surface area (Å²) in [6, 6.07) is 17.7. The van der Waals surface area contributed by atoms with Crippen molar-refractivity contribution in [2.24, 2.45) is 7.05 Å². The van der Waals surface area contributed by atoms with E-state index in [4.69, 9.17) is 4.98 Å². The third kappa shape index (κ3) is 2.72. The largest absolute Gasteiger partial charge is 0.331 e. The molecule has 2 heterocycles. The first-order valence-electron chi connectivity index (χ1n) is 8.12. The third-order valence-corrected chi connectivity index (χ3v) is 4.33. The first-order chi connectivity index (χ1) is 12.1. The van der Waals surface area contributed by atoms with Crippen molar-refractivity contribution in [3.8, 4) is 11.3 Å². The minimum absolute atomic E-state index is 0.0977. The summed E-state index contributed by atoms with van der Waals surface area (Å²) in [5.41, 5.74) is 4.39. The molecule has 122 valence electrons. The molecule has 0 unspecified atom stereocenters. The average molecular weight is 327 g/mol. The van der Waals surface area contributed by atoms with Crippen LogP contribution in [-0.4, -0.2) is 20.3 Å². The molecule has 0 radical (unpaired) electrons. The van der Waals surface area contributed by atoms with Crippen LogP contribution in [0.15, 0.2) is 67.0 Å². The minimum Gasteiger partial charge on any atom is -0.331 e. The number of aryl methyl sites for hydroxylation is 2. The Kier molecular flexibility index (Phi) is 3.65. The number of carbonyl (C=O) groups excluding carboxylic acids is 1. The molecule has 0 saturated carbocycles. The second-order valence-corrected chi connectivity index (χ2v) is 6.13. The molecule has 25 heavy (non-hydrogen) atoms. The molecule has 4 nitrogen and oxygen atoms in total. The number of para-hydroxylation sites is 1. The van der Waals surface area contributed by atoms with Gasteiger partial charge in [-0.25, -0.2) is 9.97 Å². The second kappa shape index (κ2) is 5.98. The van der Waals surface area contributed by atoms with Crippen LogP contribution in [0.3, 0.4) is 0 Å². The average Bonchev–Trinajstić information content (AvgIpc) is 3.07.